The molecule has 3 nitrogen and oxygen atoms in total. The molecule has 0 fully saturated rings. The normalized spacial score (nSPS) is 12.7. The fourth-order valence-electron chi connectivity index (χ4n) is 1.94. The third-order valence-corrected chi connectivity index (χ3v) is 4.14. The molecule has 7 heteroatoms. The van der Waals surface area contributed by atoms with Crippen LogP contribution in [0.25, 0.3) is 0 Å². The van der Waals surface area contributed by atoms with Gasteiger partial charge in [0.05, 0.1) is 17.2 Å². The van der Waals surface area contributed by atoms with Gasteiger partial charge in [0.2, 0.25) is 0 Å². The summed E-state index contributed by atoms with van der Waals surface area (Å²) in [4.78, 5) is 12.0. The van der Waals surface area contributed by atoms with Gasteiger partial charge >= 0.3 is 6.18 Å². The van der Waals surface area contributed by atoms with Crippen LogP contribution in [-0.4, -0.2) is 17.6 Å². The number of alkyl halides is 3. The van der Waals surface area contributed by atoms with Gasteiger partial charge in [-0.2, -0.15) is 13.2 Å². The van der Waals surface area contributed by atoms with E-state index in [4.69, 9.17) is 0 Å². The minimum atomic E-state index is -4.41. The molecule has 2 aromatic carbocycles. The van der Waals surface area contributed by atoms with Crippen LogP contribution in [-0.2, 0) is 6.18 Å². The van der Waals surface area contributed by atoms with Crippen LogP contribution in [0.2, 0.25) is 0 Å². The van der Waals surface area contributed by atoms with Crippen molar-refractivity contribution < 1.29 is 23.1 Å². The molecule has 0 aromatic heterocycles. The van der Waals surface area contributed by atoms with Gasteiger partial charge < -0.3 is 10.4 Å². The molecule has 0 radical (unpaired) electrons. The van der Waals surface area contributed by atoms with E-state index in [1.807, 2.05) is 22.6 Å². The predicted octanol–water partition coefficient (Wildman–Crippen LogP) is 3.77. The molecule has 1 amide bonds. The highest BCUT2D eigenvalue weighted by Crippen LogP contribution is 2.29. The molecule has 1 unspecified atom stereocenters. The van der Waals surface area contributed by atoms with Gasteiger partial charge in [-0.05, 0) is 52.4 Å². The highest BCUT2D eigenvalue weighted by Gasteiger charge is 2.30. The molecule has 2 aromatic rings. The Hall–Kier alpha value is -1.61. The molecule has 1 atom stereocenters. The number of halogens is 4. The maximum Gasteiger partial charge on any atom is 0.416 e. The van der Waals surface area contributed by atoms with Crippen molar-refractivity contribution >= 4 is 28.5 Å². The van der Waals surface area contributed by atoms with Crippen LogP contribution in [0.1, 0.15) is 27.6 Å². The Morgan fingerprint density at radius 1 is 1.13 bits per heavy atom. The third-order valence-electron chi connectivity index (χ3n) is 3.20. The Morgan fingerprint density at radius 3 is 2.30 bits per heavy atom. The number of aliphatic hydroxyl groups excluding tert-OH is 1. The molecule has 2 N–H and O–H groups in total. The quantitative estimate of drug-likeness (QED) is 0.719. The lowest BCUT2D eigenvalue weighted by Gasteiger charge is -2.14. The summed E-state index contributed by atoms with van der Waals surface area (Å²) in [5.41, 5.74) is 0.00472. The molecule has 0 heterocycles. The zero-order valence-corrected chi connectivity index (χ0v) is 13.9. The van der Waals surface area contributed by atoms with Crippen molar-refractivity contribution in [2.45, 2.75) is 12.3 Å². The zero-order chi connectivity index (χ0) is 17.0. The first-order chi connectivity index (χ1) is 10.8. The molecule has 0 bridgehead atoms. The molecule has 0 saturated carbocycles. The van der Waals surface area contributed by atoms with E-state index < -0.39 is 17.8 Å². The number of hydrogen-bond acceptors (Lipinski definition) is 2. The van der Waals surface area contributed by atoms with Gasteiger partial charge in [-0.1, -0.05) is 24.3 Å². The molecular formula is C16H13F3INO2. The smallest absolute Gasteiger partial charge is 0.387 e. The van der Waals surface area contributed by atoms with E-state index in [2.05, 4.69) is 5.32 Å². The fraction of sp³-hybridized carbons (Fsp3) is 0.188. The van der Waals surface area contributed by atoms with Crippen LogP contribution in [0.15, 0.2) is 48.5 Å². The average molecular weight is 435 g/mol. The maximum atomic E-state index is 12.5. The summed E-state index contributed by atoms with van der Waals surface area (Å²) in [7, 11) is 0. The van der Waals surface area contributed by atoms with Crippen molar-refractivity contribution in [2.24, 2.45) is 0 Å². The van der Waals surface area contributed by atoms with Gasteiger partial charge in [0.15, 0.2) is 0 Å². The first kappa shape index (κ1) is 17.7. The monoisotopic (exact) mass is 435 g/mol. The predicted molar refractivity (Wildman–Crippen MR) is 87.9 cm³/mol. The van der Waals surface area contributed by atoms with E-state index in [1.54, 1.807) is 24.3 Å². The molecular weight excluding hydrogens is 422 g/mol. The summed E-state index contributed by atoms with van der Waals surface area (Å²) in [6.07, 6.45) is -5.50. The highest BCUT2D eigenvalue weighted by atomic mass is 127. The van der Waals surface area contributed by atoms with Gasteiger partial charge in [0, 0.05) is 10.1 Å². The number of amides is 1. The lowest BCUT2D eigenvalue weighted by Crippen LogP contribution is -2.29. The lowest BCUT2D eigenvalue weighted by atomic mass is 10.1. The molecule has 122 valence electrons. The number of rotatable bonds is 4. The fourth-order valence-corrected chi connectivity index (χ4v) is 2.57. The van der Waals surface area contributed by atoms with Crippen LogP contribution in [0.3, 0.4) is 0 Å². The molecule has 23 heavy (non-hydrogen) atoms. The summed E-state index contributed by atoms with van der Waals surface area (Å²) in [6.45, 7) is -0.0881. The number of carbonyl (C=O) groups is 1. The standard InChI is InChI=1S/C16H13F3INO2/c17-16(18,19)11-7-5-10(6-8-11)14(22)9-21-15(23)12-3-1-2-4-13(12)20/h1-8,14,22H,9H2,(H,21,23). The first-order valence-electron chi connectivity index (χ1n) is 6.67. The maximum absolute atomic E-state index is 12.5. The Labute approximate surface area is 144 Å². The lowest BCUT2D eigenvalue weighted by molar-refractivity contribution is -0.137. The SMILES string of the molecule is O=C(NCC(O)c1ccc(C(F)(F)F)cc1)c1ccccc1I. The second-order valence-corrected chi connectivity index (χ2v) is 5.99. The largest absolute Gasteiger partial charge is 0.416 e. The van der Waals surface area contributed by atoms with Crippen LogP contribution >= 0.6 is 22.6 Å². The van der Waals surface area contributed by atoms with Crippen molar-refractivity contribution in [1.82, 2.24) is 5.32 Å². The highest BCUT2D eigenvalue weighted by molar-refractivity contribution is 14.1. The van der Waals surface area contributed by atoms with E-state index in [-0.39, 0.29) is 12.5 Å². The van der Waals surface area contributed by atoms with Gasteiger partial charge in [0.1, 0.15) is 0 Å². The van der Waals surface area contributed by atoms with Crippen LogP contribution in [0, 0.1) is 3.57 Å². The summed E-state index contributed by atoms with van der Waals surface area (Å²) < 4.78 is 38.2. The number of nitrogens with one attached hydrogen (secondary N) is 1. The van der Waals surface area contributed by atoms with Gasteiger partial charge in [-0.25, -0.2) is 0 Å². The van der Waals surface area contributed by atoms with Crippen LogP contribution in [0.4, 0.5) is 13.2 Å². The van der Waals surface area contributed by atoms with E-state index in [0.29, 0.717) is 11.1 Å². The van der Waals surface area contributed by atoms with Crippen LogP contribution < -0.4 is 5.32 Å². The Balaban J connectivity index is 1.98. The van der Waals surface area contributed by atoms with Gasteiger partial charge in [-0.15, -0.1) is 0 Å². The molecule has 0 saturated heterocycles. The van der Waals surface area contributed by atoms with E-state index in [1.165, 1.54) is 12.1 Å². The second kappa shape index (κ2) is 7.31. The number of carbonyl (C=O) groups excluding carboxylic acids is 1. The van der Waals surface area contributed by atoms with Gasteiger partial charge in [-0.3, -0.25) is 4.79 Å². The van der Waals surface area contributed by atoms with Gasteiger partial charge in [0.25, 0.3) is 5.91 Å². The van der Waals surface area contributed by atoms with E-state index in [0.717, 1.165) is 15.7 Å². The molecule has 2 rings (SSSR count). The van der Waals surface area contributed by atoms with Crippen molar-refractivity contribution in [3.63, 3.8) is 0 Å². The van der Waals surface area contributed by atoms with Crippen molar-refractivity contribution in [2.75, 3.05) is 6.54 Å². The third kappa shape index (κ3) is 4.68. The Bertz CT molecular complexity index is 686. The minimum Gasteiger partial charge on any atom is -0.387 e. The van der Waals surface area contributed by atoms with Crippen molar-refractivity contribution in [3.05, 3.63) is 68.8 Å². The van der Waals surface area contributed by atoms with Crippen molar-refractivity contribution in [3.8, 4) is 0 Å². The van der Waals surface area contributed by atoms with E-state index in [9.17, 15) is 23.1 Å². The molecule has 0 spiro atoms. The number of benzene rings is 2. The first-order valence-corrected chi connectivity index (χ1v) is 7.75. The Kier molecular flexibility index (Phi) is 5.64. The summed E-state index contributed by atoms with van der Waals surface area (Å²) in [5, 5.41) is 12.5. The zero-order valence-electron chi connectivity index (χ0n) is 11.8. The topological polar surface area (TPSA) is 49.3 Å². The van der Waals surface area contributed by atoms with Crippen LogP contribution in [0.5, 0.6) is 0 Å². The summed E-state index contributed by atoms with van der Waals surface area (Å²) in [6, 6.07) is 11.2. The number of hydrogen-bond donors (Lipinski definition) is 2. The number of aliphatic hydroxyl groups is 1. The van der Waals surface area contributed by atoms with E-state index >= 15 is 0 Å². The van der Waals surface area contributed by atoms with Crippen molar-refractivity contribution in [1.29, 1.82) is 0 Å². The second-order valence-electron chi connectivity index (χ2n) is 4.83. The summed E-state index contributed by atoms with van der Waals surface area (Å²) in [5.74, 6) is -0.346. The summed E-state index contributed by atoms with van der Waals surface area (Å²) >= 11 is 2.03. The molecule has 0 aliphatic heterocycles. The average Bonchev–Trinajstić information content (AvgIpc) is 2.52. The minimum absolute atomic E-state index is 0.0881. The molecule has 0 aliphatic rings. The molecule has 0 aliphatic carbocycles. The Morgan fingerprint density at radius 2 is 1.74 bits per heavy atom.